The highest BCUT2D eigenvalue weighted by Gasteiger charge is 2.10. The molecule has 2 aromatic carbocycles. The third kappa shape index (κ3) is 3.12. The van der Waals surface area contributed by atoms with Gasteiger partial charge in [0.25, 0.3) is 0 Å². The number of fused-ring (bicyclic) bond motifs is 1. The Bertz CT molecular complexity index is 1110. The zero-order valence-electron chi connectivity index (χ0n) is 13.5. The number of carbonyl (C=O) groups excluding carboxylic acids is 1. The Hall–Kier alpha value is -3.32. The van der Waals surface area contributed by atoms with E-state index in [4.69, 9.17) is 17.3 Å². The lowest BCUT2D eigenvalue weighted by Gasteiger charge is -2.05. The first-order valence-electron chi connectivity index (χ1n) is 7.82. The van der Waals surface area contributed by atoms with Gasteiger partial charge >= 0.3 is 0 Å². The second-order valence-electron chi connectivity index (χ2n) is 5.72. The summed E-state index contributed by atoms with van der Waals surface area (Å²) in [5.41, 5.74) is 8.05. The minimum atomic E-state index is -0.480. The molecule has 0 fully saturated rings. The molecule has 0 aliphatic heterocycles. The molecular formula is C18H13ClN6O. The van der Waals surface area contributed by atoms with E-state index in [1.165, 1.54) is 4.80 Å². The van der Waals surface area contributed by atoms with E-state index in [2.05, 4.69) is 20.4 Å². The van der Waals surface area contributed by atoms with Crippen LogP contribution in [0.1, 0.15) is 15.9 Å². The predicted octanol–water partition coefficient (Wildman–Crippen LogP) is 2.69. The fourth-order valence-corrected chi connectivity index (χ4v) is 2.81. The fraction of sp³-hybridized carbons (Fsp3) is 0.0556. The maximum atomic E-state index is 11.1. The summed E-state index contributed by atoms with van der Waals surface area (Å²) in [6, 6.07) is 16.4. The van der Waals surface area contributed by atoms with E-state index in [1.807, 2.05) is 30.3 Å². The van der Waals surface area contributed by atoms with Crippen molar-refractivity contribution in [2.24, 2.45) is 5.73 Å². The van der Waals surface area contributed by atoms with Gasteiger partial charge in [-0.05, 0) is 29.5 Å². The molecule has 0 saturated heterocycles. The Balaban J connectivity index is 1.60. The number of aromatic nitrogens is 5. The van der Waals surface area contributed by atoms with Crippen LogP contribution in [0.5, 0.6) is 0 Å². The summed E-state index contributed by atoms with van der Waals surface area (Å²) >= 11 is 6.28. The van der Waals surface area contributed by atoms with E-state index < -0.39 is 5.91 Å². The lowest BCUT2D eigenvalue weighted by molar-refractivity contribution is 0.100. The fourth-order valence-electron chi connectivity index (χ4n) is 2.61. The highest BCUT2D eigenvalue weighted by molar-refractivity contribution is 6.30. The maximum absolute atomic E-state index is 11.1. The Morgan fingerprint density at radius 1 is 1.12 bits per heavy atom. The summed E-state index contributed by atoms with van der Waals surface area (Å²) in [4.78, 5) is 17.0. The average molecular weight is 365 g/mol. The molecule has 0 atom stereocenters. The van der Waals surface area contributed by atoms with Crippen molar-refractivity contribution in [3.63, 3.8) is 0 Å². The first-order chi connectivity index (χ1) is 12.6. The molecule has 0 aliphatic carbocycles. The molecule has 0 radical (unpaired) electrons. The Kier molecular flexibility index (Phi) is 4.06. The van der Waals surface area contributed by atoms with Gasteiger partial charge in [0.15, 0.2) is 0 Å². The molecule has 0 spiro atoms. The van der Waals surface area contributed by atoms with Crippen LogP contribution in [0.2, 0.25) is 5.15 Å². The number of benzene rings is 2. The molecule has 0 unspecified atom stereocenters. The number of rotatable bonds is 4. The van der Waals surface area contributed by atoms with Gasteiger partial charge in [-0.15, -0.1) is 10.2 Å². The molecule has 4 rings (SSSR count). The van der Waals surface area contributed by atoms with E-state index in [9.17, 15) is 4.79 Å². The zero-order valence-corrected chi connectivity index (χ0v) is 14.3. The molecule has 0 saturated carbocycles. The minimum Gasteiger partial charge on any atom is -0.366 e. The van der Waals surface area contributed by atoms with Crippen molar-refractivity contribution in [2.75, 3.05) is 0 Å². The third-order valence-corrected chi connectivity index (χ3v) is 4.27. The number of halogens is 1. The average Bonchev–Trinajstić information content (AvgIpc) is 3.11. The van der Waals surface area contributed by atoms with E-state index in [1.54, 1.807) is 24.3 Å². The molecule has 8 heteroatoms. The quantitative estimate of drug-likeness (QED) is 0.561. The molecule has 0 bridgehead atoms. The van der Waals surface area contributed by atoms with Gasteiger partial charge in [-0.1, -0.05) is 41.9 Å². The number of hydrogen-bond acceptors (Lipinski definition) is 5. The minimum absolute atomic E-state index is 0.350. The normalized spacial score (nSPS) is 11.0. The number of hydrogen-bond donors (Lipinski definition) is 1. The van der Waals surface area contributed by atoms with Crippen LogP contribution < -0.4 is 5.73 Å². The molecule has 4 aromatic rings. The summed E-state index contributed by atoms with van der Waals surface area (Å²) < 4.78 is 0. The smallest absolute Gasteiger partial charge is 0.248 e. The first-order valence-corrected chi connectivity index (χ1v) is 8.20. The van der Waals surface area contributed by atoms with Crippen LogP contribution in [0, 0.1) is 0 Å². The van der Waals surface area contributed by atoms with Crippen LogP contribution >= 0.6 is 11.6 Å². The van der Waals surface area contributed by atoms with E-state index in [-0.39, 0.29) is 0 Å². The first kappa shape index (κ1) is 16.2. The second kappa shape index (κ2) is 6.53. The van der Waals surface area contributed by atoms with Crippen molar-refractivity contribution in [2.45, 2.75) is 6.54 Å². The number of pyridine rings is 1. The number of nitrogens with two attached hydrogens (primary N) is 1. The molecular weight excluding hydrogens is 352 g/mol. The summed E-state index contributed by atoms with van der Waals surface area (Å²) in [5.74, 6) is -0.0301. The summed E-state index contributed by atoms with van der Waals surface area (Å²) in [7, 11) is 0. The van der Waals surface area contributed by atoms with Crippen molar-refractivity contribution in [3.05, 3.63) is 70.9 Å². The van der Waals surface area contributed by atoms with Crippen molar-refractivity contribution < 1.29 is 4.79 Å². The number of tetrazole rings is 1. The van der Waals surface area contributed by atoms with Crippen LogP contribution in [0.3, 0.4) is 0 Å². The summed E-state index contributed by atoms with van der Waals surface area (Å²) in [6.07, 6.45) is 0. The molecule has 26 heavy (non-hydrogen) atoms. The molecule has 2 aromatic heterocycles. The van der Waals surface area contributed by atoms with Gasteiger partial charge in [0.2, 0.25) is 11.7 Å². The van der Waals surface area contributed by atoms with Gasteiger partial charge in [0.05, 0.1) is 12.1 Å². The summed E-state index contributed by atoms with van der Waals surface area (Å²) in [6.45, 7) is 0.350. The third-order valence-electron chi connectivity index (χ3n) is 3.94. The Morgan fingerprint density at radius 2 is 1.88 bits per heavy atom. The number of carbonyl (C=O) groups is 1. The number of para-hydroxylation sites is 1. The van der Waals surface area contributed by atoms with Crippen molar-refractivity contribution >= 4 is 28.4 Å². The Morgan fingerprint density at radius 3 is 2.65 bits per heavy atom. The van der Waals surface area contributed by atoms with Gasteiger partial charge < -0.3 is 5.73 Å². The predicted molar refractivity (Wildman–Crippen MR) is 97.6 cm³/mol. The number of amides is 1. The lowest BCUT2D eigenvalue weighted by atomic mass is 10.1. The van der Waals surface area contributed by atoms with Gasteiger partial charge in [-0.3, -0.25) is 4.79 Å². The summed E-state index contributed by atoms with van der Waals surface area (Å²) in [5, 5.41) is 13.9. The van der Waals surface area contributed by atoms with Crippen LogP contribution in [-0.2, 0) is 6.54 Å². The molecule has 1 amide bonds. The van der Waals surface area contributed by atoms with Crippen LogP contribution in [0.4, 0.5) is 0 Å². The standard InChI is InChI=1S/C18H13ClN6O/c19-16-14(9-13-3-1-2-4-15(13)21-16)10-25-23-18(22-24-25)12-7-5-11(6-8-12)17(20)26/h1-9H,10H2,(H2,20,26). The zero-order chi connectivity index (χ0) is 18.1. The molecule has 7 nitrogen and oxygen atoms in total. The SMILES string of the molecule is NC(=O)c1ccc(-c2nnn(Cc3cc4ccccc4nc3Cl)n2)cc1. The van der Waals surface area contributed by atoms with E-state index in [0.717, 1.165) is 22.0 Å². The highest BCUT2D eigenvalue weighted by Crippen LogP contribution is 2.21. The Labute approximate surface area is 153 Å². The van der Waals surface area contributed by atoms with Crippen LogP contribution in [-0.4, -0.2) is 31.1 Å². The second-order valence-corrected chi connectivity index (χ2v) is 6.07. The molecule has 0 aliphatic rings. The highest BCUT2D eigenvalue weighted by atomic mass is 35.5. The molecule has 128 valence electrons. The number of nitrogens with zero attached hydrogens (tertiary/aromatic N) is 5. The van der Waals surface area contributed by atoms with Crippen LogP contribution in [0.15, 0.2) is 54.6 Å². The topological polar surface area (TPSA) is 99.6 Å². The van der Waals surface area contributed by atoms with Gasteiger partial charge in [-0.2, -0.15) is 4.80 Å². The van der Waals surface area contributed by atoms with Crippen LogP contribution in [0.25, 0.3) is 22.3 Å². The molecule has 2 N–H and O–H groups in total. The lowest BCUT2D eigenvalue weighted by Crippen LogP contribution is -2.10. The maximum Gasteiger partial charge on any atom is 0.248 e. The molecule has 2 heterocycles. The van der Waals surface area contributed by atoms with Gasteiger partial charge in [0.1, 0.15) is 5.15 Å². The van der Waals surface area contributed by atoms with E-state index in [0.29, 0.717) is 23.1 Å². The van der Waals surface area contributed by atoms with Gasteiger partial charge in [-0.25, -0.2) is 4.98 Å². The monoisotopic (exact) mass is 364 g/mol. The van der Waals surface area contributed by atoms with Crippen molar-refractivity contribution in [1.82, 2.24) is 25.2 Å². The van der Waals surface area contributed by atoms with Crippen molar-refractivity contribution in [1.29, 1.82) is 0 Å². The van der Waals surface area contributed by atoms with E-state index >= 15 is 0 Å². The van der Waals surface area contributed by atoms with Crippen molar-refractivity contribution in [3.8, 4) is 11.4 Å². The largest absolute Gasteiger partial charge is 0.366 e. The number of primary amides is 1. The van der Waals surface area contributed by atoms with Gasteiger partial charge in [0, 0.05) is 22.1 Å².